The van der Waals surface area contributed by atoms with E-state index in [9.17, 15) is 19.2 Å². The van der Waals surface area contributed by atoms with Crippen molar-refractivity contribution in [1.82, 2.24) is 24.9 Å². The molecule has 3 aliphatic rings. The zero-order valence-corrected chi connectivity index (χ0v) is 30.5. The number of carboxylic acids is 2. The molecule has 2 aromatic rings. The van der Waals surface area contributed by atoms with Crippen molar-refractivity contribution >= 4 is 41.2 Å². The number of halogens is 1. The molecule has 5 rings (SSSR count). The highest BCUT2D eigenvalue weighted by molar-refractivity contribution is 5.90. The molecular weight excluding hydrogens is 671 g/mol. The number of aliphatic imine (C=N–C) groups is 1. The number of anilines is 1. The lowest BCUT2D eigenvalue weighted by atomic mass is 9.97. The lowest BCUT2D eigenvalue weighted by molar-refractivity contribution is -0.135. The van der Waals surface area contributed by atoms with E-state index < -0.39 is 17.8 Å². The molecule has 0 spiro atoms. The zero-order chi connectivity index (χ0) is 38.2. The Hall–Kier alpha value is -5.23. The minimum Gasteiger partial charge on any atom is -0.481 e. The van der Waals surface area contributed by atoms with Crippen molar-refractivity contribution in [2.75, 3.05) is 51.1 Å². The van der Waals surface area contributed by atoms with E-state index in [2.05, 4.69) is 46.5 Å². The van der Waals surface area contributed by atoms with Crippen molar-refractivity contribution in [2.24, 2.45) is 10.9 Å². The third-order valence-electron chi connectivity index (χ3n) is 8.90. The number of carbonyl (C=O) groups excluding carboxylic acids is 2. The lowest BCUT2D eigenvalue weighted by Crippen LogP contribution is -2.60. The van der Waals surface area contributed by atoms with Crippen molar-refractivity contribution in [3.63, 3.8) is 0 Å². The number of carbonyl (C=O) groups is 4. The Morgan fingerprint density at radius 3 is 2.27 bits per heavy atom. The van der Waals surface area contributed by atoms with Crippen LogP contribution in [0.1, 0.15) is 64.5 Å². The summed E-state index contributed by atoms with van der Waals surface area (Å²) in [5.41, 5.74) is 3.37. The molecule has 14 nitrogen and oxygen atoms in total. The average Bonchev–Trinajstić information content (AvgIpc) is 3.10. The average molecular weight is 723 g/mol. The number of aliphatic carboxylic acids is 2. The Balaban J connectivity index is 0.000000827. The van der Waals surface area contributed by atoms with E-state index in [-0.39, 0.29) is 23.9 Å². The molecule has 282 valence electrons. The van der Waals surface area contributed by atoms with E-state index in [4.69, 9.17) is 24.8 Å². The van der Waals surface area contributed by atoms with Crippen LogP contribution in [0.4, 0.5) is 20.6 Å². The van der Waals surface area contributed by atoms with Crippen LogP contribution in [0.5, 0.6) is 0 Å². The molecule has 3 aliphatic heterocycles. The number of amides is 3. The number of piperidine rings is 1. The van der Waals surface area contributed by atoms with Gasteiger partial charge in [0.15, 0.2) is 6.19 Å². The van der Waals surface area contributed by atoms with Crippen LogP contribution in [0.15, 0.2) is 47.5 Å². The van der Waals surface area contributed by atoms with Gasteiger partial charge in [-0.2, -0.15) is 5.26 Å². The largest absolute Gasteiger partial charge is 0.481 e. The first-order valence-electron chi connectivity index (χ1n) is 17.6. The number of likely N-dealkylation sites (tertiary alicyclic amines) is 1. The van der Waals surface area contributed by atoms with Crippen LogP contribution in [0.25, 0.3) is 0 Å². The maximum Gasteiger partial charge on any atom is 0.321 e. The minimum atomic E-state index is -0.833. The Morgan fingerprint density at radius 1 is 0.962 bits per heavy atom. The molecule has 15 heteroatoms. The van der Waals surface area contributed by atoms with Crippen LogP contribution < -0.4 is 10.6 Å². The second-order valence-corrected chi connectivity index (χ2v) is 13.2. The smallest absolute Gasteiger partial charge is 0.321 e. The number of nitrogens with one attached hydrogen (secondary N) is 2. The number of fused-ring (bicyclic) bond motifs is 1. The normalized spacial score (nSPS) is 17.4. The molecule has 2 aromatic carbocycles. The Labute approximate surface area is 304 Å². The molecule has 1 atom stereocenters. The van der Waals surface area contributed by atoms with Crippen LogP contribution in [0.3, 0.4) is 0 Å². The molecule has 3 amide bonds. The third kappa shape index (κ3) is 13.1. The van der Waals surface area contributed by atoms with Gasteiger partial charge in [-0.1, -0.05) is 38.5 Å². The monoisotopic (exact) mass is 722 g/mol. The Bertz CT molecular complexity index is 1590. The van der Waals surface area contributed by atoms with E-state index in [0.717, 1.165) is 50.3 Å². The molecule has 2 fully saturated rings. The molecule has 52 heavy (non-hydrogen) atoms. The molecule has 1 unspecified atom stereocenters. The van der Waals surface area contributed by atoms with Gasteiger partial charge in [0.25, 0.3) is 11.9 Å². The van der Waals surface area contributed by atoms with Crippen LogP contribution in [0.2, 0.25) is 0 Å². The maximum absolute atomic E-state index is 13.6. The predicted octanol–water partition coefficient (Wildman–Crippen LogP) is 4.70. The fourth-order valence-corrected chi connectivity index (χ4v) is 6.43. The summed E-state index contributed by atoms with van der Waals surface area (Å²) in [6.45, 7) is 11.8. The number of nitrogens with zero attached hydrogens (tertiary/aromatic N) is 6. The van der Waals surface area contributed by atoms with Gasteiger partial charge in [0.05, 0.1) is 11.7 Å². The molecule has 2 saturated heterocycles. The fraction of sp³-hybridized carbons (Fsp3) is 0.514. The molecule has 0 aromatic heterocycles. The van der Waals surface area contributed by atoms with Crippen LogP contribution in [-0.2, 0) is 27.3 Å². The number of hydrogen-bond acceptors (Lipinski definition) is 7. The number of carboxylic acid groups (broad SMARTS) is 2. The van der Waals surface area contributed by atoms with Gasteiger partial charge in [-0.15, -0.1) is 0 Å². The first kappa shape index (κ1) is 41.2. The predicted molar refractivity (Wildman–Crippen MR) is 195 cm³/mol. The summed E-state index contributed by atoms with van der Waals surface area (Å²) in [7, 11) is 0. The van der Waals surface area contributed by atoms with Crippen molar-refractivity contribution in [1.29, 1.82) is 5.26 Å². The molecule has 0 aliphatic carbocycles. The van der Waals surface area contributed by atoms with E-state index in [1.54, 1.807) is 17.0 Å². The molecule has 0 bridgehead atoms. The Kier molecular flexibility index (Phi) is 16.3. The number of benzene rings is 2. The van der Waals surface area contributed by atoms with E-state index in [1.165, 1.54) is 31.4 Å². The maximum atomic E-state index is 13.6. The van der Waals surface area contributed by atoms with Crippen molar-refractivity contribution < 1.29 is 33.8 Å². The van der Waals surface area contributed by atoms with Gasteiger partial charge in [-0.3, -0.25) is 19.7 Å². The number of hydrogen-bond donors (Lipinski definition) is 4. The highest BCUT2D eigenvalue weighted by Gasteiger charge is 2.34. The summed E-state index contributed by atoms with van der Waals surface area (Å²) >= 11 is 0. The summed E-state index contributed by atoms with van der Waals surface area (Å²) in [6, 6.07) is 11.4. The van der Waals surface area contributed by atoms with Crippen LogP contribution in [-0.4, -0.2) is 112 Å². The van der Waals surface area contributed by atoms with Gasteiger partial charge in [0.2, 0.25) is 11.9 Å². The summed E-state index contributed by atoms with van der Waals surface area (Å²) < 4.78 is 13.6. The number of rotatable bonds is 6. The number of guanidine groups is 1. The summed E-state index contributed by atoms with van der Waals surface area (Å²) in [5, 5.41) is 30.1. The Morgan fingerprint density at radius 2 is 1.63 bits per heavy atom. The standard InChI is InChI=1S/C33H43FN8O2.2C2H4O2/c1-24(2)30-22-41(33(44)37-27-10-7-9-26(34)20-27)18-19-42(30)32(36-23-35)38-29-11-6-8-25-21-40(17-12-28(25)29)31(43)13-16-39-14-4-3-5-15-39;2*1-2(3)4/h6-11,20,24,30H,3-5,12-19,21-22H2,1-2H3,(H,36,38)(H,37,44);2*1H3,(H,3,4). The summed E-state index contributed by atoms with van der Waals surface area (Å²) in [6.07, 6.45) is 7.02. The van der Waals surface area contributed by atoms with Gasteiger partial charge in [-0.05, 0) is 73.7 Å². The third-order valence-corrected chi connectivity index (χ3v) is 8.90. The van der Waals surface area contributed by atoms with Crippen LogP contribution in [0, 0.1) is 23.2 Å². The summed E-state index contributed by atoms with van der Waals surface area (Å²) in [4.78, 5) is 57.2. The van der Waals surface area contributed by atoms with E-state index >= 15 is 0 Å². The highest BCUT2D eigenvalue weighted by Crippen LogP contribution is 2.30. The van der Waals surface area contributed by atoms with Gasteiger partial charge < -0.3 is 35.1 Å². The first-order chi connectivity index (χ1) is 24.8. The fourth-order valence-electron chi connectivity index (χ4n) is 6.43. The second kappa shape index (κ2) is 20.6. The molecule has 4 N–H and O–H groups in total. The SMILES string of the molecule is CC(=O)O.CC(=O)O.CC(C)C1CN(C(=O)Nc2cccc(F)c2)CCN1C(=Nc1cccc2c1CCN(C(=O)CCN1CCCCC1)C2)NC#N. The van der Waals surface area contributed by atoms with Gasteiger partial charge >= 0.3 is 6.03 Å². The minimum absolute atomic E-state index is 0.103. The van der Waals surface area contributed by atoms with Crippen molar-refractivity contribution in [3.8, 4) is 6.19 Å². The zero-order valence-electron chi connectivity index (χ0n) is 30.5. The second-order valence-electron chi connectivity index (χ2n) is 13.2. The molecule has 3 heterocycles. The highest BCUT2D eigenvalue weighted by atomic mass is 19.1. The van der Waals surface area contributed by atoms with Crippen LogP contribution >= 0.6 is 0 Å². The number of nitriles is 1. The van der Waals surface area contributed by atoms with Crippen molar-refractivity contribution in [3.05, 3.63) is 59.4 Å². The lowest BCUT2D eigenvalue weighted by Gasteiger charge is -2.44. The van der Waals surface area contributed by atoms with E-state index in [1.807, 2.05) is 17.0 Å². The quantitative estimate of drug-likeness (QED) is 0.141. The summed E-state index contributed by atoms with van der Waals surface area (Å²) in [5.74, 6) is -1.28. The van der Waals surface area contributed by atoms with Gasteiger partial charge in [-0.25, -0.2) is 14.2 Å². The molecule has 0 radical (unpaired) electrons. The van der Waals surface area contributed by atoms with E-state index in [0.29, 0.717) is 57.2 Å². The van der Waals surface area contributed by atoms with Crippen molar-refractivity contribution in [2.45, 2.75) is 72.4 Å². The van der Waals surface area contributed by atoms with Gasteiger partial charge in [0.1, 0.15) is 5.82 Å². The molecular formula is C37H51FN8O6. The topological polar surface area (TPSA) is 182 Å². The first-order valence-corrected chi connectivity index (χ1v) is 17.6. The number of piperazine rings is 1. The molecule has 0 saturated carbocycles. The number of urea groups is 1. The van der Waals surface area contributed by atoms with Gasteiger partial charge in [0, 0.05) is 65.2 Å².